The van der Waals surface area contributed by atoms with Crippen molar-refractivity contribution in [3.8, 4) is 0 Å². The molecule has 0 aromatic rings. The fourth-order valence-corrected chi connectivity index (χ4v) is 2.38. The smallest absolute Gasteiger partial charge is 0.410 e. The second-order valence-electron chi connectivity index (χ2n) is 6.43. The summed E-state index contributed by atoms with van der Waals surface area (Å²) in [6.07, 6.45) is 2.04. The van der Waals surface area contributed by atoms with Crippen LogP contribution in [-0.2, 0) is 4.74 Å². The van der Waals surface area contributed by atoms with Crippen LogP contribution in [0.5, 0.6) is 0 Å². The zero-order chi connectivity index (χ0) is 14.5. The third-order valence-electron chi connectivity index (χ3n) is 3.39. The van der Waals surface area contributed by atoms with Crippen LogP contribution in [0.15, 0.2) is 0 Å². The Hall–Kier alpha value is -0.810. The minimum absolute atomic E-state index is 0.225. The maximum atomic E-state index is 11.9. The number of carbonyl (C=O) groups excluding carboxylic acids is 1. The van der Waals surface area contributed by atoms with Crippen LogP contribution >= 0.6 is 0 Å². The van der Waals surface area contributed by atoms with E-state index in [4.69, 9.17) is 10.5 Å². The van der Waals surface area contributed by atoms with Gasteiger partial charge in [0.25, 0.3) is 0 Å². The number of hydrogen-bond acceptors (Lipinski definition) is 4. The molecule has 0 atom stereocenters. The van der Waals surface area contributed by atoms with Gasteiger partial charge in [0.2, 0.25) is 0 Å². The van der Waals surface area contributed by atoms with E-state index in [1.807, 2.05) is 27.8 Å². The summed E-state index contributed by atoms with van der Waals surface area (Å²) in [5.74, 6) is 0.576. The van der Waals surface area contributed by atoms with Gasteiger partial charge in [-0.15, -0.1) is 0 Å². The summed E-state index contributed by atoms with van der Waals surface area (Å²) in [4.78, 5) is 16.0. The molecule has 0 bridgehead atoms. The predicted molar refractivity (Wildman–Crippen MR) is 77.1 cm³/mol. The van der Waals surface area contributed by atoms with Gasteiger partial charge in [0.05, 0.1) is 0 Å². The van der Waals surface area contributed by atoms with Crippen molar-refractivity contribution >= 4 is 6.09 Å². The lowest BCUT2D eigenvalue weighted by Gasteiger charge is -2.34. The molecule has 2 N–H and O–H groups in total. The molecule has 0 aromatic heterocycles. The van der Waals surface area contributed by atoms with Crippen molar-refractivity contribution < 1.29 is 9.53 Å². The number of nitrogens with zero attached hydrogens (tertiary/aromatic N) is 2. The maximum Gasteiger partial charge on any atom is 0.410 e. The molecule has 0 aliphatic carbocycles. The lowest BCUT2D eigenvalue weighted by molar-refractivity contribution is 0.0250. The van der Waals surface area contributed by atoms with Crippen LogP contribution in [0.25, 0.3) is 0 Å². The van der Waals surface area contributed by atoms with Crippen LogP contribution in [-0.4, -0.2) is 61.3 Å². The SMILES string of the molecule is CN(CC1CCN(CCN)CC1)C(=O)OC(C)(C)C. The van der Waals surface area contributed by atoms with Gasteiger partial charge in [0, 0.05) is 26.7 Å². The van der Waals surface area contributed by atoms with E-state index >= 15 is 0 Å². The monoisotopic (exact) mass is 271 g/mol. The highest BCUT2D eigenvalue weighted by Gasteiger charge is 2.24. The fraction of sp³-hybridized carbons (Fsp3) is 0.929. The van der Waals surface area contributed by atoms with Crippen molar-refractivity contribution in [2.75, 3.05) is 39.8 Å². The molecule has 19 heavy (non-hydrogen) atoms. The molecule has 1 aliphatic heterocycles. The summed E-state index contributed by atoms with van der Waals surface area (Å²) in [5.41, 5.74) is 5.14. The van der Waals surface area contributed by atoms with Crippen LogP contribution in [0, 0.1) is 5.92 Å². The van der Waals surface area contributed by atoms with Gasteiger partial charge in [-0.05, 0) is 52.6 Å². The molecule has 0 radical (unpaired) electrons. The molecule has 0 saturated carbocycles. The van der Waals surface area contributed by atoms with E-state index in [0.29, 0.717) is 5.92 Å². The maximum absolute atomic E-state index is 11.9. The van der Waals surface area contributed by atoms with Crippen LogP contribution < -0.4 is 5.73 Å². The first-order chi connectivity index (χ1) is 8.81. The van der Waals surface area contributed by atoms with Crippen molar-refractivity contribution in [3.05, 3.63) is 0 Å². The highest BCUT2D eigenvalue weighted by atomic mass is 16.6. The molecule has 1 aliphatic rings. The van der Waals surface area contributed by atoms with Gasteiger partial charge in [-0.2, -0.15) is 0 Å². The van der Waals surface area contributed by atoms with E-state index < -0.39 is 5.60 Å². The summed E-state index contributed by atoms with van der Waals surface area (Å²) in [6.45, 7) is 10.3. The molecule has 112 valence electrons. The Morgan fingerprint density at radius 2 is 1.95 bits per heavy atom. The van der Waals surface area contributed by atoms with Crippen LogP contribution in [0.3, 0.4) is 0 Å². The largest absolute Gasteiger partial charge is 0.444 e. The van der Waals surface area contributed by atoms with E-state index in [1.54, 1.807) is 4.90 Å². The zero-order valence-corrected chi connectivity index (χ0v) is 12.8. The first-order valence-corrected chi connectivity index (χ1v) is 7.18. The van der Waals surface area contributed by atoms with Gasteiger partial charge in [-0.3, -0.25) is 0 Å². The van der Waals surface area contributed by atoms with Crippen molar-refractivity contribution in [2.45, 2.75) is 39.2 Å². The molecule has 1 heterocycles. The first kappa shape index (κ1) is 16.2. The molecule has 1 saturated heterocycles. The zero-order valence-electron chi connectivity index (χ0n) is 12.8. The Balaban J connectivity index is 2.30. The topological polar surface area (TPSA) is 58.8 Å². The highest BCUT2D eigenvalue weighted by Crippen LogP contribution is 2.18. The van der Waals surface area contributed by atoms with Crippen LogP contribution in [0.4, 0.5) is 4.79 Å². The first-order valence-electron chi connectivity index (χ1n) is 7.18. The van der Waals surface area contributed by atoms with Crippen molar-refractivity contribution in [3.63, 3.8) is 0 Å². The number of piperidine rings is 1. The van der Waals surface area contributed by atoms with E-state index in [0.717, 1.165) is 45.6 Å². The summed E-state index contributed by atoms with van der Waals surface area (Å²) in [7, 11) is 1.82. The van der Waals surface area contributed by atoms with E-state index in [-0.39, 0.29) is 6.09 Å². The van der Waals surface area contributed by atoms with Crippen LogP contribution in [0.2, 0.25) is 0 Å². The number of ether oxygens (including phenoxy) is 1. The third kappa shape index (κ3) is 6.25. The minimum Gasteiger partial charge on any atom is -0.444 e. The average Bonchev–Trinajstić information content (AvgIpc) is 2.29. The van der Waals surface area contributed by atoms with Crippen molar-refractivity contribution in [1.82, 2.24) is 9.80 Å². The summed E-state index contributed by atoms with van der Waals surface area (Å²) < 4.78 is 5.36. The van der Waals surface area contributed by atoms with Gasteiger partial charge in [-0.25, -0.2) is 4.79 Å². The number of likely N-dealkylation sites (tertiary alicyclic amines) is 1. The molecular weight excluding hydrogens is 242 g/mol. The number of hydrogen-bond donors (Lipinski definition) is 1. The average molecular weight is 271 g/mol. The Morgan fingerprint density at radius 3 is 2.42 bits per heavy atom. The normalized spacial score (nSPS) is 18.4. The Kier molecular flexibility index (Phi) is 6.07. The lowest BCUT2D eigenvalue weighted by atomic mass is 9.96. The molecule has 1 rings (SSSR count). The van der Waals surface area contributed by atoms with Crippen molar-refractivity contribution in [1.29, 1.82) is 0 Å². The number of nitrogens with two attached hydrogens (primary N) is 1. The summed E-state index contributed by atoms with van der Waals surface area (Å²) in [5, 5.41) is 0. The van der Waals surface area contributed by atoms with E-state index in [2.05, 4.69) is 4.90 Å². The molecule has 0 unspecified atom stereocenters. The molecule has 0 aromatic carbocycles. The number of rotatable bonds is 4. The van der Waals surface area contributed by atoms with Gasteiger partial charge >= 0.3 is 6.09 Å². The standard InChI is InChI=1S/C14H29N3O2/c1-14(2,3)19-13(18)16(4)11-12-5-8-17(9-6-12)10-7-15/h12H,5-11,15H2,1-4H3. The Labute approximate surface area is 117 Å². The van der Waals surface area contributed by atoms with Gasteiger partial charge in [0.1, 0.15) is 5.60 Å². The molecule has 0 spiro atoms. The van der Waals surface area contributed by atoms with Gasteiger partial charge < -0.3 is 20.3 Å². The van der Waals surface area contributed by atoms with E-state index in [9.17, 15) is 4.79 Å². The predicted octanol–water partition coefficient (Wildman–Crippen LogP) is 1.52. The summed E-state index contributed by atoms with van der Waals surface area (Å²) in [6, 6.07) is 0. The molecule has 1 fully saturated rings. The summed E-state index contributed by atoms with van der Waals surface area (Å²) >= 11 is 0. The minimum atomic E-state index is -0.421. The Bertz CT molecular complexity index is 281. The Morgan fingerprint density at radius 1 is 1.37 bits per heavy atom. The number of amides is 1. The third-order valence-corrected chi connectivity index (χ3v) is 3.39. The molecule has 1 amide bonds. The van der Waals surface area contributed by atoms with Crippen LogP contribution in [0.1, 0.15) is 33.6 Å². The quantitative estimate of drug-likeness (QED) is 0.842. The second kappa shape index (κ2) is 7.10. The number of carbonyl (C=O) groups is 1. The highest BCUT2D eigenvalue weighted by molar-refractivity contribution is 5.67. The lowest BCUT2D eigenvalue weighted by Crippen LogP contribution is -2.42. The molecular formula is C14H29N3O2. The second-order valence-corrected chi connectivity index (χ2v) is 6.43. The van der Waals surface area contributed by atoms with Crippen molar-refractivity contribution in [2.24, 2.45) is 11.7 Å². The van der Waals surface area contributed by atoms with Gasteiger partial charge in [-0.1, -0.05) is 0 Å². The molecule has 5 nitrogen and oxygen atoms in total. The van der Waals surface area contributed by atoms with E-state index in [1.165, 1.54) is 0 Å². The molecule has 5 heteroatoms. The van der Waals surface area contributed by atoms with Gasteiger partial charge in [0.15, 0.2) is 0 Å². The fourth-order valence-electron chi connectivity index (χ4n) is 2.38.